The van der Waals surface area contributed by atoms with Gasteiger partial charge < -0.3 is 10.6 Å². The molecule has 0 bridgehead atoms. The molecule has 140 valence electrons. The minimum atomic E-state index is -0.142. The molecule has 0 fully saturated rings. The standard InChI is InChI=1S/C23H19ClN2OS/c24-17-6-2-1-5-16(17)15-11-20-22(21(27)12-15)23(14-9-10-28-13-14)26-19-8-4-3-7-18(19)25-20/h1-10,13,15,23,25-26H,11-12H2. The summed E-state index contributed by atoms with van der Waals surface area (Å²) >= 11 is 8.09. The van der Waals surface area contributed by atoms with Gasteiger partial charge in [0.2, 0.25) is 0 Å². The van der Waals surface area contributed by atoms with E-state index in [2.05, 4.69) is 33.5 Å². The van der Waals surface area contributed by atoms with Gasteiger partial charge in [-0.2, -0.15) is 11.3 Å². The van der Waals surface area contributed by atoms with Gasteiger partial charge in [0.15, 0.2) is 5.78 Å². The average molecular weight is 407 g/mol. The molecule has 28 heavy (non-hydrogen) atoms. The van der Waals surface area contributed by atoms with Crippen LogP contribution in [0.4, 0.5) is 11.4 Å². The molecule has 5 heteroatoms. The number of ketones is 1. The van der Waals surface area contributed by atoms with Crippen LogP contribution in [-0.4, -0.2) is 5.78 Å². The Morgan fingerprint density at radius 2 is 1.75 bits per heavy atom. The van der Waals surface area contributed by atoms with E-state index < -0.39 is 0 Å². The molecule has 2 atom stereocenters. The van der Waals surface area contributed by atoms with Gasteiger partial charge in [-0.25, -0.2) is 0 Å². The third kappa shape index (κ3) is 3.03. The second-order valence-electron chi connectivity index (χ2n) is 7.25. The number of hydrogen-bond donors (Lipinski definition) is 2. The Labute approximate surface area is 173 Å². The van der Waals surface area contributed by atoms with Crippen LogP contribution < -0.4 is 10.6 Å². The first-order valence-electron chi connectivity index (χ1n) is 9.36. The first kappa shape index (κ1) is 17.5. The largest absolute Gasteiger partial charge is 0.372 e. The van der Waals surface area contributed by atoms with Gasteiger partial charge in [0.25, 0.3) is 0 Å². The van der Waals surface area contributed by atoms with Gasteiger partial charge in [-0.05, 0) is 58.5 Å². The molecule has 3 nitrogen and oxygen atoms in total. The second kappa shape index (κ2) is 7.12. The number of hydrogen-bond acceptors (Lipinski definition) is 4. The quantitative estimate of drug-likeness (QED) is 0.518. The monoisotopic (exact) mass is 406 g/mol. The summed E-state index contributed by atoms with van der Waals surface area (Å²) in [6, 6.07) is 17.9. The summed E-state index contributed by atoms with van der Waals surface area (Å²) in [6.45, 7) is 0. The van der Waals surface area contributed by atoms with Crippen molar-refractivity contribution in [2.45, 2.75) is 24.8 Å². The lowest BCUT2D eigenvalue weighted by Gasteiger charge is -2.29. The Balaban J connectivity index is 1.62. The van der Waals surface area contributed by atoms with E-state index in [0.717, 1.165) is 45.2 Å². The van der Waals surface area contributed by atoms with Crippen molar-refractivity contribution in [3.05, 3.63) is 92.8 Å². The van der Waals surface area contributed by atoms with Crippen molar-refractivity contribution in [1.29, 1.82) is 0 Å². The zero-order valence-electron chi connectivity index (χ0n) is 15.1. The van der Waals surface area contributed by atoms with Crippen LogP contribution in [0.15, 0.2) is 76.6 Å². The smallest absolute Gasteiger partial charge is 0.163 e. The van der Waals surface area contributed by atoms with Crippen molar-refractivity contribution in [2.75, 3.05) is 10.6 Å². The lowest BCUT2D eigenvalue weighted by atomic mass is 9.79. The highest BCUT2D eigenvalue weighted by Crippen LogP contribution is 2.45. The third-order valence-electron chi connectivity index (χ3n) is 5.53. The van der Waals surface area contributed by atoms with Crippen LogP contribution in [-0.2, 0) is 4.79 Å². The van der Waals surface area contributed by atoms with E-state index in [9.17, 15) is 4.79 Å². The fraction of sp³-hybridized carbons (Fsp3) is 0.174. The number of carbonyl (C=O) groups excluding carboxylic acids is 1. The van der Waals surface area contributed by atoms with Crippen molar-refractivity contribution in [3.8, 4) is 0 Å². The summed E-state index contributed by atoms with van der Waals surface area (Å²) in [5.74, 6) is 0.260. The van der Waals surface area contributed by atoms with Crippen LogP contribution in [0, 0.1) is 0 Å². The predicted molar refractivity (Wildman–Crippen MR) is 116 cm³/mol. The Morgan fingerprint density at radius 1 is 0.964 bits per heavy atom. The lowest BCUT2D eigenvalue weighted by molar-refractivity contribution is -0.116. The van der Waals surface area contributed by atoms with E-state index in [1.54, 1.807) is 11.3 Å². The van der Waals surface area contributed by atoms with E-state index >= 15 is 0 Å². The number of carbonyl (C=O) groups is 1. The van der Waals surface area contributed by atoms with Crippen molar-refractivity contribution < 1.29 is 4.79 Å². The zero-order chi connectivity index (χ0) is 19.1. The van der Waals surface area contributed by atoms with Crippen LogP contribution >= 0.6 is 22.9 Å². The number of thiophene rings is 1. The average Bonchev–Trinajstić information content (AvgIpc) is 3.17. The number of nitrogens with one attached hydrogen (secondary N) is 2. The maximum atomic E-state index is 13.4. The van der Waals surface area contributed by atoms with Crippen molar-refractivity contribution in [1.82, 2.24) is 0 Å². The van der Waals surface area contributed by atoms with Crippen LogP contribution in [0.2, 0.25) is 5.02 Å². The normalized spacial score (nSPS) is 21.2. The van der Waals surface area contributed by atoms with Crippen LogP contribution in [0.3, 0.4) is 0 Å². The molecule has 2 heterocycles. The van der Waals surface area contributed by atoms with E-state index in [4.69, 9.17) is 11.6 Å². The zero-order valence-corrected chi connectivity index (χ0v) is 16.7. The number of allylic oxidation sites excluding steroid dienone is 1. The number of Topliss-reactive ketones (excluding diaryl/α,β-unsaturated/α-hetero) is 1. The summed E-state index contributed by atoms with van der Waals surface area (Å²) in [4.78, 5) is 13.4. The number of halogens is 1. The number of benzene rings is 2. The minimum absolute atomic E-state index is 0.0841. The highest BCUT2D eigenvalue weighted by atomic mass is 35.5. The molecule has 1 aliphatic carbocycles. The van der Waals surface area contributed by atoms with E-state index in [1.165, 1.54) is 0 Å². The van der Waals surface area contributed by atoms with Gasteiger partial charge in [0.1, 0.15) is 0 Å². The molecule has 0 spiro atoms. The highest BCUT2D eigenvalue weighted by molar-refractivity contribution is 7.08. The molecule has 2 unspecified atom stereocenters. The number of rotatable bonds is 2. The third-order valence-corrected chi connectivity index (χ3v) is 6.58. The van der Waals surface area contributed by atoms with Gasteiger partial charge in [-0.3, -0.25) is 4.79 Å². The molecular formula is C23H19ClN2OS. The molecule has 0 saturated carbocycles. The Bertz CT molecular complexity index is 1070. The maximum absolute atomic E-state index is 13.4. The molecule has 0 amide bonds. The van der Waals surface area contributed by atoms with Gasteiger partial charge in [0, 0.05) is 22.7 Å². The van der Waals surface area contributed by atoms with Crippen LogP contribution in [0.1, 0.15) is 35.9 Å². The van der Waals surface area contributed by atoms with Gasteiger partial charge in [0.05, 0.1) is 17.4 Å². The molecule has 3 aromatic rings. The number of anilines is 2. The first-order valence-corrected chi connectivity index (χ1v) is 10.7. The van der Waals surface area contributed by atoms with E-state index in [-0.39, 0.29) is 17.7 Å². The summed E-state index contributed by atoms with van der Waals surface area (Å²) in [5.41, 5.74) is 6.02. The highest BCUT2D eigenvalue weighted by Gasteiger charge is 2.36. The van der Waals surface area contributed by atoms with Crippen LogP contribution in [0.5, 0.6) is 0 Å². The second-order valence-corrected chi connectivity index (χ2v) is 8.43. The number of para-hydroxylation sites is 2. The van der Waals surface area contributed by atoms with E-state index in [1.807, 2.05) is 42.5 Å². The van der Waals surface area contributed by atoms with Crippen molar-refractivity contribution in [3.63, 3.8) is 0 Å². The molecule has 5 rings (SSSR count). The van der Waals surface area contributed by atoms with Gasteiger partial charge >= 0.3 is 0 Å². The van der Waals surface area contributed by atoms with Crippen molar-refractivity contribution >= 4 is 40.1 Å². The molecule has 2 aliphatic rings. The van der Waals surface area contributed by atoms with Crippen molar-refractivity contribution in [2.24, 2.45) is 0 Å². The topological polar surface area (TPSA) is 41.1 Å². The summed E-state index contributed by atoms with van der Waals surface area (Å²) < 4.78 is 0. The summed E-state index contributed by atoms with van der Waals surface area (Å²) in [5, 5.41) is 12.1. The number of fused-ring (bicyclic) bond motifs is 1. The van der Waals surface area contributed by atoms with Gasteiger partial charge in [-0.15, -0.1) is 0 Å². The first-order chi connectivity index (χ1) is 13.7. The molecule has 0 radical (unpaired) electrons. The summed E-state index contributed by atoms with van der Waals surface area (Å²) in [6.07, 6.45) is 1.24. The predicted octanol–water partition coefficient (Wildman–Crippen LogP) is 6.38. The Kier molecular flexibility index (Phi) is 4.46. The van der Waals surface area contributed by atoms with Crippen LogP contribution in [0.25, 0.3) is 0 Å². The Morgan fingerprint density at radius 3 is 2.54 bits per heavy atom. The van der Waals surface area contributed by atoms with Gasteiger partial charge in [-0.1, -0.05) is 41.9 Å². The fourth-order valence-corrected chi connectivity index (χ4v) is 5.18. The lowest BCUT2D eigenvalue weighted by Crippen LogP contribution is -2.26. The molecule has 0 saturated heterocycles. The SMILES string of the molecule is O=C1CC(c2ccccc2Cl)CC2=C1C(c1ccsc1)Nc1ccccc1N2. The maximum Gasteiger partial charge on any atom is 0.163 e. The molecule has 1 aliphatic heterocycles. The fourth-order valence-electron chi connectivity index (χ4n) is 4.21. The molecular weight excluding hydrogens is 388 g/mol. The minimum Gasteiger partial charge on any atom is -0.372 e. The molecule has 2 N–H and O–H groups in total. The summed E-state index contributed by atoms with van der Waals surface area (Å²) in [7, 11) is 0. The van der Waals surface area contributed by atoms with E-state index in [0.29, 0.717) is 6.42 Å². The molecule has 2 aromatic carbocycles. The molecule has 1 aromatic heterocycles. The Hall–Kier alpha value is -2.56.